The van der Waals surface area contributed by atoms with Crippen molar-refractivity contribution in [2.75, 3.05) is 6.54 Å². The van der Waals surface area contributed by atoms with E-state index in [0.29, 0.717) is 6.42 Å². The number of carbonyl (C=O) groups is 1. The van der Waals surface area contributed by atoms with Crippen LogP contribution in [0.1, 0.15) is 36.9 Å². The number of rotatable bonds is 6. The molecule has 0 spiro atoms. The Bertz CT molecular complexity index is 571. The minimum Gasteiger partial charge on any atom is -0.477 e. The molecule has 0 saturated carbocycles. The minimum absolute atomic E-state index is 0.0411. The van der Waals surface area contributed by atoms with Gasteiger partial charge in [-0.2, -0.15) is 0 Å². The molecule has 1 aromatic heterocycles. The molecule has 20 heavy (non-hydrogen) atoms. The third-order valence-electron chi connectivity index (χ3n) is 2.45. The number of hydrogen-bond donors (Lipinski definition) is 3. The summed E-state index contributed by atoms with van der Waals surface area (Å²) in [6.45, 7) is 5.74. The number of sulfonamides is 1. The lowest BCUT2D eigenvalue weighted by Crippen LogP contribution is -2.34. The number of carboxylic acids is 1. The van der Waals surface area contributed by atoms with Gasteiger partial charge in [0, 0.05) is 11.9 Å². The monoisotopic (exact) mass is 321 g/mol. The zero-order valence-electron chi connectivity index (χ0n) is 11.6. The van der Waals surface area contributed by atoms with Gasteiger partial charge in [0.05, 0.1) is 11.0 Å². The highest BCUT2D eigenvalue weighted by Gasteiger charge is 2.21. The van der Waals surface area contributed by atoms with E-state index in [0.717, 1.165) is 17.4 Å². The molecule has 1 rings (SSSR count). The van der Waals surface area contributed by atoms with Crippen LogP contribution in [0.15, 0.2) is 16.3 Å². The van der Waals surface area contributed by atoms with Crippen LogP contribution in [0.5, 0.6) is 0 Å². The van der Waals surface area contributed by atoms with Gasteiger partial charge in [0.15, 0.2) is 0 Å². The van der Waals surface area contributed by atoms with Gasteiger partial charge in [0.25, 0.3) is 0 Å². The summed E-state index contributed by atoms with van der Waals surface area (Å²) in [6, 6.07) is 1.10. The average Bonchev–Trinajstić information content (AvgIpc) is 2.74. The van der Waals surface area contributed by atoms with E-state index < -0.39 is 22.1 Å². The Morgan fingerprint density at radius 3 is 2.50 bits per heavy atom. The smallest absolute Gasteiger partial charge is 0.345 e. The topological polar surface area (TPSA) is 104 Å². The summed E-state index contributed by atoms with van der Waals surface area (Å²) in [5, 5.41) is 19.8. The summed E-state index contributed by atoms with van der Waals surface area (Å²) in [5.41, 5.74) is -0.107. The summed E-state index contributed by atoms with van der Waals surface area (Å²) in [7, 11) is -3.79. The summed E-state index contributed by atoms with van der Waals surface area (Å²) in [4.78, 5) is 10.6. The number of aliphatic hydroxyl groups is 1. The lowest BCUT2D eigenvalue weighted by Gasteiger charge is -2.22. The fourth-order valence-electron chi connectivity index (χ4n) is 1.64. The fourth-order valence-corrected chi connectivity index (χ4v) is 3.82. The van der Waals surface area contributed by atoms with Crippen LogP contribution in [-0.2, 0) is 10.0 Å². The molecule has 0 radical (unpaired) electrons. The molecule has 0 saturated heterocycles. The molecule has 3 N–H and O–H groups in total. The normalized spacial score (nSPS) is 14.2. The summed E-state index contributed by atoms with van der Waals surface area (Å²) in [6.07, 6.45) is -0.332. The molecule has 1 heterocycles. The van der Waals surface area contributed by atoms with Crippen molar-refractivity contribution in [3.05, 3.63) is 16.3 Å². The van der Waals surface area contributed by atoms with Crippen molar-refractivity contribution < 1.29 is 23.4 Å². The maximum atomic E-state index is 11.9. The Kier molecular flexibility index (Phi) is 5.31. The van der Waals surface area contributed by atoms with Crippen molar-refractivity contribution in [3.63, 3.8) is 0 Å². The number of hydrogen-bond acceptors (Lipinski definition) is 5. The Hall–Kier alpha value is -0.960. The molecular weight excluding hydrogens is 302 g/mol. The van der Waals surface area contributed by atoms with Gasteiger partial charge >= 0.3 is 5.97 Å². The second-order valence-corrected chi connectivity index (χ2v) is 8.40. The highest BCUT2D eigenvalue weighted by Crippen LogP contribution is 2.21. The van der Waals surface area contributed by atoms with E-state index in [9.17, 15) is 18.3 Å². The summed E-state index contributed by atoms with van der Waals surface area (Å²) < 4.78 is 26.1. The predicted octanol–water partition coefficient (Wildman–Crippen LogP) is 1.52. The van der Waals surface area contributed by atoms with Crippen molar-refractivity contribution in [1.29, 1.82) is 0 Å². The van der Waals surface area contributed by atoms with Crippen LogP contribution in [0.4, 0.5) is 0 Å². The van der Waals surface area contributed by atoms with Crippen LogP contribution in [0.3, 0.4) is 0 Å². The molecule has 8 heteroatoms. The van der Waals surface area contributed by atoms with Crippen LogP contribution < -0.4 is 4.72 Å². The van der Waals surface area contributed by atoms with Gasteiger partial charge in [-0.25, -0.2) is 17.9 Å². The molecule has 114 valence electrons. The Morgan fingerprint density at radius 1 is 1.45 bits per heavy atom. The number of thiophene rings is 1. The van der Waals surface area contributed by atoms with Crippen molar-refractivity contribution in [1.82, 2.24) is 4.72 Å². The van der Waals surface area contributed by atoms with E-state index in [1.165, 1.54) is 5.38 Å². The quantitative estimate of drug-likeness (QED) is 0.737. The first-order valence-corrected chi connectivity index (χ1v) is 8.37. The maximum absolute atomic E-state index is 11.9. The first-order chi connectivity index (χ1) is 9.01. The summed E-state index contributed by atoms with van der Waals surface area (Å²) >= 11 is 0.848. The second-order valence-electron chi connectivity index (χ2n) is 5.72. The highest BCUT2D eigenvalue weighted by atomic mass is 32.2. The fraction of sp³-hybridized carbons (Fsp3) is 0.583. The van der Waals surface area contributed by atoms with Crippen LogP contribution in [-0.4, -0.2) is 37.2 Å². The third kappa shape index (κ3) is 5.20. The zero-order chi connectivity index (χ0) is 15.6. The van der Waals surface area contributed by atoms with Gasteiger partial charge in [0.1, 0.15) is 4.88 Å². The Morgan fingerprint density at radius 2 is 2.05 bits per heavy atom. The highest BCUT2D eigenvalue weighted by molar-refractivity contribution is 7.89. The van der Waals surface area contributed by atoms with Gasteiger partial charge in [-0.05, 0) is 17.9 Å². The third-order valence-corrected chi connectivity index (χ3v) is 4.92. The molecule has 0 aliphatic rings. The molecule has 6 nitrogen and oxygen atoms in total. The van der Waals surface area contributed by atoms with E-state index in [-0.39, 0.29) is 21.7 Å². The molecule has 0 aliphatic heterocycles. The number of nitrogens with one attached hydrogen (secondary N) is 1. The number of aromatic carboxylic acids is 1. The lowest BCUT2D eigenvalue weighted by atomic mass is 9.89. The van der Waals surface area contributed by atoms with Crippen LogP contribution in [0, 0.1) is 5.41 Å². The van der Waals surface area contributed by atoms with E-state index in [4.69, 9.17) is 5.11 Å². The molecule has 0 aromatic carbocycles. The molecule has 0 aliphatic carbocycles. The Labute approximate surface area is 122 Å². The van der Waals surface area contributed by atoms with Crippen LogP contribution >= 0.6 is 11.3 Å². The van der Waals surface area contributed by atoms with Crippen molar-refractivity contribution >= 4 is 27.3 Å². The van der Waals surface area contributed by atoms with Crippen molar-refractivity contribution in [3.8, 4) is 0 Å². The number of aliphatic hydroxyl groups excluding tert-OH is 1. The predicted molar refractivity (Wildman–Crippen MR) is 76.5 cm³/mol. The van der Waals surface area contributed by atoms with Crippen LogP contribution in [0.2, 0.25) is 0 Å². The van der Waals surface area contributed by atoms with Crippen LogP contribution in [0.25, 0.3) is 0 Å². The SMILES string of the molecule is CC(C)(C)CC(O)CNS(=O)(=O)c1csc(C(=O)O)c1. The molecule has 1 aromatic rings. The van der Waals surface area contributed by atoms with E-state index >= 15 is 0 Å². The Balaban J connectivity index is 2.68. The molecule has 0 fully saturated rings. The zero-order valence-corrected chi connectivity index (χ0v) is 13.2. The molecule has 1 unspecified atom stereocenters. The van der Waals surface area contributed by atoms with Crippen molar-refractivity contribution in [2.45, 2.75) is 38.2 Å². The van der Waals surface area contributed by atoms with E-state index in [2.05, 4.69) is 4.72 Å². The number of carboxylic acid groups (broad SMARTS) is 1. The lowest BCUT2D eigenvalue weighted by molar-refractivity contribution is 0.0702. The first kappa shape index (κ1) is 17.1. The first-order valence-electron chi connectivity index (χ1n) is 6.01. The largest absolute Gasteiger partial charge is 0.477 e. The molecule has 0 amide bonds. The van der Waals surface area contributed by atoms with Gasteiger partial charge in [-0.15, -0.1) is 11.3 Å². The van der Waals surface area contributed by atoms with E-state index in [1.807, 2.05) is 20.8 Å². The van der Waals surface area contributed by atoms with Crippen molar-refractivity contribution in [2.24, 2.45) is 5.41 Å². The van der Waals surface area contributed by atoms with Gasteiger partial charge < -0.3 is 10.2 Å². The standard InChI is InChI=1S/C12H19NO5S2/c1-12(2,3)5-8(14)6-13-20(17,18)9-4-10(11(15)16)19-7-9/h4,7-8,13-14H,5-6H2,1-3H3,(H,15,16). The second kappa shape index (κ2) is 6.21. The summed E-state index contributed by atoms with van der Waals surface area (Å²) in [5.74, 6) is -1.16. The maximum Gasteiger partial charge on any atom is 0.345 e. The van der Waals surface area contributed by atoms with E-state index in [1.54, 1.807) is 0 Å². The molecule has 1 atom stereocenters. The molecule has 0 bridgehead atoms. The van der Waals surface area contributed by atoms with Gasteiger partial charge in [-0.3, -0.25) is 0 Å². The average molecular weight is 321 g/mol. The molecular formula is C12H19NO5S2. The van der Waals surface area contributed by atoms with Gasteiger partial charge in [-0.1, -0.05) is 20.8 Å². The van der Waals surface area contributed by atoms with Gasteiger partial charge in [0.2, 0.25) is 10.0 Å². The minimum atomic E-state index is -3.79.